The average Bonchev–Trinajstić information content (AvgIpc) is 3.25. The summed E-state index contributed by atoms with van der Waals surface area (Å²) in [7, 11) is 0. The van der Waals surface area contributed by atoms with E-state index in [9.17, 15) is 0 Å². The molecule has 0 amide bonds. The van der Waals surface area contributed by atoms with E-state index in [0.717, 1.165) is 17.0 Å². The predicted molar refractivity (Wildman–Crippen MR) is 93.9 cm³/mol. The van der Waals surface area contributed by atoms with Crippen LogP contribution in [0.2, 0.25) is 0 Å². The van der Waals surface area contributed by atoms with Gasteiger partial charge in [-0.25, -0.2) is 4.68 Å². The number of hydrogen-bond acceptors (Lipinski definition) is 9. The van der Waals surface area contributed by atoms with Gasteiger partial charge >= 0.3 is 0 Å². The molecule has 10 nitrogen and oxygen atoms in total. The number of anilines is 3. The lowest BCUT2D eigenvalue weighted by Gasteiger charge is -2.26. The van der Waals surface area contributed by atoms with Gasteiger partial charge in [0.05, 0.1) is 24.4 Å². The Balaban J connectivity index is 1.47. The van der Waals surface area contributed by atoms with E-state index in [1.54, 1.807) is 0 Å². The molecule has 3 aromatic rings. The number of nitrogens with zero attached hydrogens (tertiary/aromatic N) is 7. The fraction of sp³-hybridized carbons (Fsp3) is 0.312. The number of nitrogen functional groups attached to an aromatic ring is 2. The largest absolute Gasteiger partial charge is 0.368 e. The van der Waals surface area contributed by atoms with Crippen LogP contribution in [0, 0.1) is 0 Å². The van der Waals surface area contributed by atoms with Crippen molar-refractivity contribution in [3.8, 4) is 11.3 Å². The molecule has 0 unspecified atom stereocenters. The zero-order valence-electron chi connectivity index (χ0n) is 13.9. The first-order valence-corrected chi connectivity index (χ1v) is 8.32. The molecule has 1 saturated heterocycles. The Morgan fingerprint density at radius 1 is 1.00 bits per heavy atom. The molecule has 132 valence electrons. The van der Waals surface area contributed by atoms with Crippen molar-refractivity contribution in [1.82, 2.24) is 29.9 Å². The van der Waals surface area contributed by atoms with Crippen molar-refractivity contribution in [1.29, 1.82) is 0 Å². The second kappa shape index (κ2) is 5.63. The van der Waals surface area contributed by atoms with Crippen molar-refractivity contribution in [2.45, 2.75) is 18.8 Å². The molecular formula is C16H17N9O. The molecule has 26 heavy (non-hydrogen) atoms. The third kappa shape index (κ3) is 2.34. The van der Waals surface area contributed by atoms with Gasteiger partial charge in [0.2, 0.25) is 17.8 Å². The number of ether oxygens (including phenoxy) is 1. The highest BCUT2D eigenvalue weighted by Crippen LogP contribution is 2.35. The number of rotatable bonds is 2. The van der Waals surface area contributed by atoms with E-state index in [1.807, 2.05) is 39.9 Å². The Morgan fingerprint density at radius 3 is 2.54 bits per heavy atom. The van der Waals surface area contributed by atoms with Gasteiger partial charge in [0, 0.05) is 18.7 Å². The van der Waals surface area contributed by atoms with Crippen LogP contribution in [-0.2, 0) is 11.3 Å². The van der Waals surface area contributed by atoms with Crippen LogP contribution in [0.5, 0.6) is 0 Å². The summed E-state index contributed by atoms with van der Waals surface area (Å²) < 4.78 is 8.05. The normalized spacial score (nSPS) is 21.5. The number of benzene rings is 1. The van der Waals surface area contributed by atoms with E-state index in [1.165, 1.54) is 0 Å². The van der Waals surface area contributed by atoms with Crippen LogP contribution in [0.25, 0.3) is 11.3 Å². The molecule has 0 bridgehead atoms. The van der Waals surface area contributed by atoms with E-state index < -0.39 is 0 Å². The van der Waals surface area contributed by atoms with Gasteiger partial charge in [-0.3, -0.25) is 0 Å². The number of aromatic nitrogens is 6. The van der Waals surface area contributed by atoms with E-state index >= 15 is 0 Å². The molecule has 1 fully saturated rings. The minimum Gasteiger partial charge on any atom is -0.368 e. The van der Waals surface area contributed by atoms with Gasteiger partial charge in [-0.15, -0.1) is 5.10 Å². The van der Waals surface area contributed by atoms with Crippen molar-refractivity contribution < 1.29 is 4.74 Å². The van der Waals surface area contributed by atoms with E-state index in [2.05, 4.69) is 25.3 Å². The Hall–Kier alpha value is -3.27. The molecule has 4 N–H and O–H groups in total. The van der Waals surface area contributed by atoms with Gasteiger partial charge < -0.3 is 21.1 Å². The van der Waals surface area contributed by atoms with E-state index in [-0.39, 0.29) is 24.0 Å². The van der Waals surface area contributed by atoms with Gasteiger partial charge in [-0.1, -0.05) is 35.5 Å². The summed E-state index contributed by atoms with van der Waals surface area (Å²) >= 11 is 0. The Morgan fingerprint density at radius 2 is 1.77 bits per heavy atom. The highest BCUT2D eigenvalue weighted by Gasteiger charge is 2.41. The maximum Gasteiger partial charge on any atom is 0.232 e. The monoisotopic (exact) mass is 351 g/mol. The second-order valence-corrected chi connectivity index (χ2v) is 6.37. The minimum absolute atomic E-state index is 0.0213. The van der Waals surface area contributed by atoms with Crippen molar-refractivity contribution in [2.24, 2.45) is 0 Å². The maximum atomic E-state index is 6.08. The van der Waals surface area contributed by atoms with Gasteiger partial charge in [0.1, 0.15) is 5.69 Å². The van der Waals surface area contributed by atoms with Crippen LogP contribution < -0.4 is 16.4 Å². The van der Waals surface area contributed by atoms with Crippen LogP contribution in [-0.4, -0.2) is 49.1 Å². The SMILES string of the molecule is Nc1nc(N)nc(N2C[C@@H]3OCc4c(-c5ccccc5)nnn4[C@H]3C2)n1. The van der Waals surface area contributed by atoms with Crippen LogP contribution >= 0.6 is 0 Å². The summed E-state index contributed by atoms with van der Waals surface area (Å²) in [5.74, 6) is 0.671. The summed E-state index contributed by atoms with van der Waals surface area (Å²) in [6.07, 6.45) is -0.0213. The first-order valence-electron chi connectivity index (χ1n) is 8.32. The summed E-state index contributed by atoms with van der Waals surface area (Å²) in [5.41, 5.74) is 14.2. The van der Waals surface area contributed by atoms with Gasteiger partial charge in [0.15, 0.2) is 0 Å². The smallest absolute Gasteiger partial charge is 0.232 e. The summed E-state index contributed by atoms with van der Waals surface area (Å²) in [6, 6.07) is 10.0. The van der Waals surface area contributed by atoms with Gasteiger partial charge in [0.25, 0.3) is 0 Å². The molecular weight excluding hydrogens is 334 g/mol. The molecule has 0 spiro atoms. The third-order valence-corrected chi connectivity index (χ3v) is 4.76. The zero-order chi connectivity index (χ0) is 17.7. The maximum absolute atomic E-state index is 6.08. The Kier molecular flexibility index (Phi) is 3.25. The molecule has 2 aromatic heterocycles. The first-order chi connectivity index (χ1) is 12.7. The highest BCUT2D eigenvalue weighted by molar-refractivity contribution is 5.61. The van der Waals surface area contributed by atoms with Crippen molar-refractivity contribution >= 4 is 17.8 Å². The molecule has 1 aromatic carbocycles. The van der Waals surface area contributed by atoms with Gasteiger partial charge in [-0.2, -0.15) is 15.0 Å². The Bertz CT molecular complexity index is 937. The molecule has 0 aliphatic carbocycles. The molecule has 0 radical (unpaired) electrons. The molecule has 0 saturated carbocycles. The van der Waals surface area contributed by atoms with Crippen molar-refractivity contribution in [3.05, 3.63) is 36.0 Å². The van der Waals surface area contributed by atoms with E-state index in [0.29, 0.717) is 25.6 Å². The molecule has 10 heteroatoms. The fourth-order valence-corrected chi connectivity index (χ4v) is 3.58. The van der Waals surface area contributed by atoms with Crippen LogP contribution in [0.3, 0.4) is 0 Å². The van der Waals surface area contributed by atoms with Crippen LogP contribution in [0.1, 0.15) is 11.7 Å². The van der Waals surface area contributed by atoms with Crippen molar-refractivity contribution in [3.63, 3.8) is 0 Å². The lowest BCUT2D eigenvalue weighted by molar-refractivity contribution is -0.00227. The number of hydrogen-bond donors (Lipinski definition) is 2. The topological polar surface area (TPSA) is 134 Å². The molecule has 5 rings (SSSR count). The summed E-state index contributed by atoms with van der Waals surface area (Å²) in [6.45, 7) is 1.74. The Labute approximate surface area is 148 Å². The molecule has 2 atom stereocenters. The standard InChI is InChI=1S/C16H17N9O/c17-14-19-15(18)21-16(20-14)24-6-10-12(7-24)26-8-11-13(22-23-25(10)11)9-4-2-1-3-5-9/h1-5,10,12H,6-8H2,(H4,17,18,19,20,21)/t10-,12-/m0/s1. The fourth-order valence-electron chi connectivity index (χ4n) is 3.58. The summed E-state index contributed by atoms with van der Waals surface area (Å²) in [5, 5.41) is 8.78. The highest BCUT2D eigenvalue weighted by atomic mass is 16.5. The third-order valence-electron chi connectivity index (χ3n) is 4.76. The van der Waals surface area contributed by atoms with E-state index in [4.69, 9.17) is 16.2 Å². The quantitative estimate of drug-likeness (QED) is 0.666. The summed E-state index contributed by atoms with van der Waals surface area (Å²) in [4.78, 5) is 14.2. The molecule has 4 heterocycles. The zero-order valence-corrected chi connectivity index (χ0v) is 13.9. The van der Waals surface area contributed by atoms with Crippen molar-refractivity contribution in [2.75, 3.05) is 29.5 Å². The second-order valence-electron chi connectivity index (χ2n) is 6.37. The predicted octanol–water partition coefficient (Wildman–Crippen LogP) is 0.255. The molecule has 2 aliphatic rings. The lowest BCUT2D eigenvalue weighted by atomic mass is 10.1. The minimum atomic E-state index is -0.0213. The number of nitrogens with two attached hydrogens (primary N) is 2. The average molecular weight is 351 g/mol. The lowest BCUT2D eigenvalue weighted by Crippen LogP contribution is -2.32. The van der Waals surface area contributed by atoms with Gasteiger partial charge in [-0.05, 0) is 0 Å². The van der Waals surface area contributed by atoms with Crippen LogP contribution in [0.4, 0.5) is 17.8 Å². The van der Waals surface area contributed by atoms with Crippen LogP contribution in [0.15, 0.2) is 30.3 Å². The molecule has 2 aliphatic heterocycles. The first kappa shape index (κ1) is 15.0. The number of fused-ring (bicyclic) bond motifs is 3.